The molecule has 2 aromatic heterocycles. The Hall–Kier alpha value is -10.7. The molecule has 2 amide bonds. The molecule has 0 saturated carbocycles. The van der Waals surface area contributed by atoms with Crippen molar-refractivity contribution in [1.82, 2.24) is 18.9 Å². The summed E-state index contributed by atoms with van der Waals surface area (Å²) in [6.45, 7) is 13.1. The van der Waals surface area contributed by atoms with Crippen LogP contribution in [-0.4, -0.2) is 30.7 Å². The van der Waals surface area contributed by atoms with E-state index in [0.717, 1.165) is 137 Å². The lowest BCUT2D eigenvalue weighted by molar-refractivity contribution is -0.127. The molecule has 92 heavy (non-hydrogen) atoms. The van der Waals surface area contributed by atoms with Gasteiger partial charge in [0.15, 0.2) is 0 Å². The van der Waals surface area contributed by atoms with Crippen LogP contribution >= 0.6 is 0 Å². The summed E-state index contributed by atoms with van der Waals surface area (Å²) in [5.74, 6) is -0.454. The number of carbonyl (C=O) groups excluding carboxylic acids is 2. The first-order valence-corrected chi connectivity index (χ1v) is 32.6. The van der Waals surface area contributed by atoms with Crippen LogP contribution in [0, 0.1) is 0 Å². The van der Waals surface area contributed by atoms with E-state index in [4.69, 9.17) is 0 Å². The molecule has 4 aliphatic rings. The number of nitrogens with zero attached hydrogens (tertiary/aromatic N) is 6. The Morgan fingerprint density at radius 3 is 0.859 bits per heavy atom. The molecule has 0 atom stereocenters. The number of carbonyl (C=O) groups is 2. The van der Waals surface area contributed by atoms with E-state index in [1.165, 1.54) is 22.3 Å². The third kappa shape index (κ3) is 8.21. The Bertz CT molecular complexity index is 4570. The second kappa shape index (κ2) is 21.5. The van der Waals surface area contributed by atoms with Gasteiger partial charge >= 0.3 is 0 Å². The van der Waals surface area contributed by atoms with Gasteiger partial charge < -0.3 is 18.9 Å². The Kier molecular flexibility index (Phi) is 13.2. The number of aromatic nitrogens is 2. The van der Waals surface area contributed by atoms with E-state index in [2.05, 4.69) is 317 Å². The molecule has 8 nitrogen and oxygen atoms in total. The average molecular weight is 1200 g/mol. The van der Waals surface area contributed by atoms with Crippen LogP contribution in [0.4, 0.5) is 34.1 Å². The zero-order valence-electron chi connectivity index (χ0n) is 53.4. The zero-order chi connectivity index (χ0) is 62.9. The molecule has 10 aromatic carbocycles. The summed E-state index contributed by atoms with van der Waals surface area (Å²) < 4.78 is 4.35. The number of amides is 2. The van der Waals surface area contributed by atoms with E-state index in [-0.39, 0.29) is 11.8 Å². The van der Waals surface area contributed by atoms with Gasteiger partial charge in [0.05, 0.1) is 44.7 Å². The summed E-state index contributed by atoms with van der Waals surface area (Å²) in [7, 11) is 4.18. The fourth-order valence-corrected chi connectivity index (χ4v) is 15.8. The molecular weight excluding hydrogens is 1120 g/mol. The predicted molar refractivity (Wildman–Crippen MR) is 377 cm³/mol. The van der Waals surface area contributed by atoms with E-state index in [1.807, 2.05) is 9.80 Å². The van der Waals surface area contributed by atoms with Crippen molar-refractivity contribution in [3.63, 3.8) is 0 Å². The number of anilines is 6. The molecule has 0 fully saturated rings. The lowest BCUT2D eigenvalue weighted by Crippen LogP contribution is -2.46. The van der Waals surface area contributed by atoms with Crippen molar-refractivity contribution in [3.05, 3.63) is 310 Å². The minimum absolute atomic E-state index is 0.227. The molecule has 2 aliphatic carbocycles. The fourth-order valence-electron chi connectivity index (χ4n) is 15.8. The highest BCUT2D eigenvalue weighted by Gasteiger charge is 2.61. The van der Waals surface area contributed by atoms with Crippen LogP contribution in [0.1, 0.15) is 97.2 Å². The fraction of sp³-hybridized carbons (Fsp3) is 0.167. The lowest BCUT2D eigenvalue weighted by atomic mass is 9.85. The first-order valence-electron chi connectivity index (χ1n) is 32.6. The van der Waals surface area contributed by atoms with E-state index < -0.39 is 11.1 Å². The van der Waals surface area contributed by atoms with Crippen molar-refractivity contribution < 1.29 is 9.59 Å². The SMILES string of the molecule is CCc1ccc(N(c2ccc(CC)cc2)c2ccc3c(C4=C5C(=O)N(C6(C)c7ccccc7-c7ccccc76)C(c6cn(C)c7cc(N(c8ccc(CC)cc8)c8ccc(CC)cc8)ccc67)=C5C(=O)N4C4(C)c5ccccc5-c5ccccc54)cn(C)c3c2)cc1. The van der Waals surface area contributed by atoms with E-state index in [9.17, 15) is 0 Å². The van der Waals surface area contributed by atoms with Crippen LogP contribution < -0.4 is 9.80 Å². The quantitative estimate of drug-likeness (QED) is 0.109. The number of fused-ring (bicyclic) bond motifs is 9. The zero-order valence-corrected chi connectivity index (χ0v) is 53.4. The summed E-state index contributed by atoms with van der Waals surface area (Å²) in [6.07, 6.45) is 8.09. The second-order valence-corrected chi connectivity index (χ2v) is 25.5. The molecule has 4 heterocycles. The molecule has 0 spiro atoms. The molecule has 0 N–H and O–H groups in total. The lowest BCUT2D eigenvalue weighted by Gasteiger charge is -2.42. The highest BCUT2D eigenvalue weighted by Crippen LogP contribution is 2.62. The molecule has 0 saturated heterocycles. The van der Waals surface area contributed by atoms with E-state index in [0.29, 0.717) is 22.5 Å². The van der Waals surface area contributed by atoms with Crippen molar-refractivity contribution in [2.45, 2.75) is 78.3 Å². The maximum Gasteiger partial charge on any atom is 0.262 e. The highest BCUT2D eigenvalue weighted by molar-refractivity contribution is 6.32. The molecule has 16 rings (SSSR count). The maximum absolute atomic E-state index is 17.5. The van der Waals surface area contributed by atoms with Gasteiger partial charge in [0, 0.05) is 82.5 Å². The third-order valence-corrected chi connectivity index (χ3v) is 20.7. The van der Waals surface area contributed by atoms with Crippen molar-refractivity contribution in [3.8, 4) is 22.3 Å². The van der Waals surface area contributed by atoms with Gasteiger partial charge in [0.1, 0.15) is 0 Å². The van der Waals surface area contributed by atoms with Crippen LogP contribution in [0.5, 0.6) is 0 Å². The standard InChI is InChI=1S/C84H72N6O2/c1-9-53-29-37-57(38-30-53)87(58-39-31-54(10-2)32-40-58)61-45-47-67-69(51-85(7)75(67)49-61)79-77-78(82(92)89(79)83(5)71-25-17-13-21-63(71)64-22-14-18-26-72(64)83)80(90(81(77)91)84(6)73-27-19-15-23-65(73)66-24-16-20-28-74(66)84)70-52-86(8)76-50-62(46-48-68(70)76)88(59-41-33-55(11-3)34-42-59)60-43-35-56(12-4)36-44-60/h13-52H,9-12H2,1-8H3. The van der Waals surface area contributed by atoms with Crippen LogP contribution in [0.3, 0.4) is 0 Å². The van der Waals surface area contributed by atoms with Crippen LogP contribution in [-0.2, 0) is 60.4 Å². The first-order chi connectivity index (χ1) is 44.9. The van der Waals surface area contributed by atoms with Crippen LogP contribution in [0.2, 0.25) is 0 Å². The third-order valence-electron chi connectivity index (χ3n) is 20.7. The Morgan fingerprint density at radius 1 is 0.326 bits per heavy atom. The van der Waals surface area contributed by atoms with Gasteiger partial charge in [-0.25, -0.2) is 0 Å². The first kappa shape index (κ1) is 56.5. The number of aryl methyl sites for hydroxylation is 6. The second-order valence-electron chi connectivity index (χ2n) is 25.5. The van der Waals surface area contributed by atoms with Crippen molar-refractivity contribution >= 4 is 79.1 Å². The topological polar surface area (TPSA) is 57.0 Å². The number of rotatable bonds is 14. The maximum atomic E-state index is 17.5. The van der Waals surface area contributed by atoms with Gasteiger partial charge in [0.25, 0.3) is 11.8 Å². The summed E-state index contributed by atoms with van der Waals surface area (Å²) >= 11 is 0. The number of hydrogen-bond acceptors (Lipinski definition) is 4. The molecule has 12 aromatic rings. The van der Waals surface area contributed by atoms with Crippen molar-refractivity contribution in [2.75, 3.05) is 9.80 Å². The van der Waals surface area contributed by atoms with Gasteiger partial charge in [-0.3, -0.25) is 19.4 Å². The Balaban J connectivity index is 0.968. The van der Waals surface area contributed by atoms with Crippen LogP contribution in [0.15, 0.2) is 254 Å². The molecule has 450 valence electrons. The van der Waals surface area contributed by atoms with Crippen LogP contribution in [0.25, 0.3) is 55.5 Å². The van der Waals surface area contributed by atoms with Gasteiger partial charge in [-0.1, -0.05) is 185 Å². The van der Waals surface area contributed by atoms with Gasteiger partial charge in [-0.15, -0.1) is 0 Å². The number of hydrogen-bond donors (Lipinski definition) is 0. The molecule has 8 heteroatoms. The summed E-state index contributed by atoms with van der Waals surface area (Å²) in [5, 5.41) is 1.85. The smallest absolute Gasteiger partial charge is 0.262 e. The number of benzene rings is 10. The summed E-state index contributed by atoms with van der Waals surface area (Å²) in [4.78, 5) is 43.6. The monoisotopic (exact) mass is 1200 g/mol. The summed E-state index contributed by atoms with van der Waals surface area (Å²) in [5.41, 5.74) is 22.9. The van der Waals surface area contributed by atoms with Gasteiger partial charge in [-0.05, 0) is 179 Å². The average Bonchev–Trinajstić information content (AvgIpc) is 1.50. The molecule has 0 unspecified atom stereocenters. The van der Waals surface area contributed by atoms with Crippen molar-refractivity contribution in [2.24, 2.45) is 14.1 Å². The largest absolute Gasteiger partial charge is 0.350 e. The minimum atomic E-state index is -1.06. The predicted octanol–water partition coefficient (Wildman–Crippen LogP) is 19.6. The Morgan fingerprint density at radius 2 is 0.587 bits per heavy atom. The van der Waals surface area contributed by atoms with E-state index in [1.54, 1.807) is 0 Å². The Labute approximate surface area is 538 Å². The van der Waals surface area contributed by atoms with E-state index >= 15 is 9.59 Å². The molecule has 0 radical (unpaired) electrons. The van der Waals surface area contributed by atoms with Gasteiger partial charge in [0.2, 0.25) is 0 Å². The highest BCUT2D eigenvalue weighted by atomic mass is 16.2. The molecule has 2 aliphatic heterocycles. The molecule has 0 bridgehead atoms. The summed E-state index contributed by atoms with van der Waals surface area (Å²) in [6, 6.07) is 82.8. The van der Waals surface area contributed by atoms with Crippen molar-refractivity contribution in [1.29, 1.82) is 0 Å². The normalized spacial score (nSPS) is 15.0. The molecular formula is C84H72N6O2. The minimum Gasteiger partial charge on any atom is -0.350 e. The van der Waals surface area contributed by atoms with Gasteiger partial charge in [-0.2, -0.15) is 0 Å².